The molecule has 1 unspecified atom stereocenters. The number of nitrogens with zero attached hydrogens (tertiary/aromatic N) is 3. The summed E-state index contributed by atoms with van der Waals surface area (Å²) in [5.74, 6) is 0.214. The summed E-state index contributed by atoms with van der Waals surface area (Å²) in [6.07, 6.45) is 10.0. The van der Waals surface area contributed by atoms with E-state index in [0.29, 0.717) is 16.5 Å². The summed E-state index contributed by atoms with van der Waals surface area (Å²) in [4.78, 5) is 17.7. The highest BCUT2D eigenvalue weighted by Crippen LogP contribution is 2.36. The van der Waals surface area contributed by atoms with Crippen LogP contribution in [0.25, 0.3) is 0 Å². The molecule has 5 rings (SSSR count). The van der Waals surface area contributed by atoms with Crippen LogP contribution < -0.4 is 4.90 Å². The van der Waals surface area contributed by atoms with E-state index in [9.17, 15) is 4.79 Å². The Bertz CT molecular complexity index is 914. The lowest BCUT2D eigenvalue weighted by atomic mass is 9.92. The number of carbonyl (C=O) groups excluding carboxylic acids is 1. The molecular formula is C23H28Cl2N4O. The second kappa shape index (κ2) is 8.43. The third kappa shape index (κ3) is 3.82. The third-order valence-corrected chi connectivity index (χ3v) is 7.74. The minimum atomic E-state index is -0.0356. The first-order valence-electron chi connectivity index (χ1n) is 11.1. The van der Waals surface area contributed by atoms with Crippen molar-refractivity contribution in [3.8, 4) is 0 Å². The molecule has 3 heterocycles. The summed E-state index contributed by atoms with van der Waals surface area (Å²) in [7, 11) is 0. The molecule has 1 amide bonds. The van der Waals surface area contributed by atoms with Crippen molar-refractivity contribution in [1.82, 2.24) is 15.1 Å². The van der Waals surface area contributed by atoms with Gasteiger partial charge in [0.15, 0.2) is 0 Å². The summed E-state index contributed by atoms with van der Waals surface area (Å²) in [5.41, 5.74) is 4.43. The minimum absolute atomic E-state index is 0.0356. The van der Waals surface area contributed by atoms with Crippen LogP contribution in [0.2, 0.25) is 10.0 Å². The van der Waals surface area contributed by atoms with Gasteiger partial charge < -0.3 is 9.80 Å². The molecule has 2 fully saturated rings. The van der Waals surface area contributed by atoms with Gasteiger partial charge in [-0.15, -0.1) is 0 Å². The summed E-state index contributed by atoms with van der Waals surface area (Å²) in [6, 6.07) is 4.35. The molecule has 1 N–H and O–H groups in total. The topological polar surface area (TPSA) is 52.2 Å². The van der Waals surface area contributed by atoms with Crippen LogP contribution in [0.5, 0.6) is 0 Å². The third-order valence-electron chi connectivity index (χ3n) is 7.07. The second-order valence-corrected chi connectivity index (χ2v) is 9.73. The van der Waals surface area contributed by atoms with Crippen molar-refractivity contribution in [2.24, 2.45) is 5.92 Å². The van der Waals surface area contributed by atoms with Crippen LogP contribution in [-0.2, 0) is 24.1 Å². The lowest BCUT2D eigenvalue weighted by molar-refractivity contribution is -0.133. The van der Waals surface area contributed by atoms with Crippen LogP contribution in [0.15, 0.2) is 18.3 Å². The maximum absolute atomic E-state index is 13.2. The fraction of sp³-hybridized carbons (Fsp3) is 0.565. The lowest BCUT2D eigenvalue weighted by Gasteiger charge is -2.31. The highest BCUT2D eigenvalue weighted by atomic mass is 35.5. The molecule has 7 heteroatoms. The highest BCUT2D eigenvalue weighted by molar-refractivity contribution is 6.36. The van der Waals surface area contributed by atoms with Crippen LogP contribution in [0.4, 0.5) is 5.69 Å². The number of hydrogen-bond acceptors (Lipinski definition) is 3. The molecule has 0 bridgehead atoms. The van der Waals surface area contributed by atoms with Crippen molar-refractivity contribution in [2.45, 2.75) is 57.4 Å². The maximum Gasteiger partial charge on any atom is 0.226 e. The number of benzene rings is 1. The molecule has 30 heavy (non-hydrogen) atoms. The quantitative estimate of drug-likeness (QED) is 0.742. The van der Waals surface area contributed by atoms with Crippen LogP contribution in [-0.4, -0.2) is 46.7 Å². The molecule has 1 aromatic carbocycles. The van der Waals surface area contributed by atoms with Crippen molar-refractivity contribution in [1.29, 1.82) is 0 Å². The molecule has 2 aromatic rings. The Hall–Kier alpha value is -1.72. The number of aromatic amines is 1. The Balaban J connectivity index is 1.28. The number of rotatable bonds is 4. The SMILES string of the molecule is O=C1[C@H](Cc2c(Cl)cc(N3CCCCC3)cc2Cl)CCN1C1CCc2n[nH]cc2C1. The van der Waals surface area contributed by atoms with Crippen molar-refractivity contribution in [3.63, 3.8) is 0 Å². The Morgan fingerprint density at radius 2 is 1.83 bits per heavy atom. The maximum atomic E-state index is 13.2. The van der Waals surface area contributed by atoms with E-state index in [1.165, 1.54) is 24.8 Å². The number of amides is 1. The zero-order valence-electron chi connectivity index (χ0n) is 17.2. The summed E-state index contributed by atoms with van der Waals surface area (Å²) in [6.45, 7) is 2.94. The van der Waals surface area contributed by atoms with Gasteiger partial charge in [0.1, 0.15) is 0 Å². The summed E-state index contributed by atoms with van der Waals surface area (Å²) in [5, 5.41) is 8.64. The van der Waals surface area contributed by atoms with Crippen molar-refractivity contribution < 1.29 is 4.79 Å². The van der Waals surface area contributed by atoms with Crippen molar-refractivity contribution in [2.75, 3.05) is 24.5 Å². The largest absolute Gasteiger partial charge is 0.371 e. The fourth-order valence-electron chi connectivity index (χ4n) is 5.34. The molecule has 0 spiro atoms. The molecule has 2 aliphatic heterocycles. The number of piperidine rings is 1. The number of nitrogens with one attached hydrogen (secondary N) is 1. The molecule has 5 nitrogen and oxygen atoms in total. The number of carbonyl (C=O) groups is 1. The smallest absolute Gasteiger partial charge is 0.226 e. The standard InChI is InChI=1S/C23H28Cl2N4O/c24-20-12-18(28-7-2-1-3-8-28)13-21(25)19(20)11-15-6-9-29(23(15)30)17-4-5-22-16(10-17)14-26-27-22/h12-15,17H,1-11H2,(H,26,27)/t15-,17?/m0/s1. The summed E-state index contributed by atoms with van der Waals surface area (Å²) < 4.78 is 0. The average Bonchev–Trinajstić information content (AvgIpc) is 3.37. The monoisotopic (exact) mass is 446 g/mol. The van der Waals surface area contributed by atoms with Gasteiger partial charge in [0.2, 0.25) is 5.91 Å². The van der Waals surface area contributed by atoms with E-state index in [-0.39, 0.29) is 17.9 Å². The van der Waals surface area contributed by atoms with Crippen LogP contribution in [0.3, 0.4) is 0 Å². The van der Waals surface area contributed by atoms with Gasteiger partial charge in [-0.3, -0.25) is 9.89 Å². The molecular weight excluding hydrogens is 419 g/mol. The van der Waals surface area contributed by atoms with Crippen LogP contribution in [0.1, 0.15) is 48.9 Å². The molecule has 2 saturated heterocycles. The van der Waals surface area contributed by atoms with Gasteiger partial charge in [0.25, 0.3) is 0 Å². The Kier molecular flexibility index (Phi) is 5.67. The zero-order chi connectivity index (χ0) is 20.7. The number of halogens is 2. The number of aryl methyl sites for hydroxylation is 1. The first kappa shape index (κ1) is 20.2. The fourth-order valence-corrected chi connectivity index (χ4v) is 5.97. The highest BCUT2D eigenvalue weighted by Gasteiger charge is 2.38. The van der Waals surface area contributed by atoms with Gasteiger partial charge in [0, 0.05) is 53.5 Å². The normalized spacial score (nSPS) is 24.4. The number of fused-ring (bicyclic) bond motifs is 1. The Labute approximate surface area is 187 Å². The summed E-state index contributed by atoms with van der Waals surface area (Å²) >= 11 is 13.3. The van der Waals surface area contributed by atoms with Gasteiger partial charge >= 0.3 is 0 Å². The average molecular weight is 447 g/mol. The van der Waals surface area contributed by atoms with Gasteiger partial charge in [-0.25, -0.2) is 0 Å². The molecule has 160 valence electrons. The first-order chi connectivity index (χ1) is 14.6. The zero-order valence-corrected chi connectivity index (χ0v) is 18.7. The van der Waals surface area contributed by atoms with Gasteiger partial charge in [-0.2, -0.15) is 5.10 Å². The van der Waals surface area contributed by atoms with E-state index in [0.717, 1.165) is 62.3 Å². The van der Waals surface area contributed by atoms with E-state index >= 15 is 0 Å². The number of anilines is 1. The van der Waals surface area contributed by atoms with Crippen LogP contribution >= 0.6 is 23.2 Å². The molecule has 0 saturated carbocycles. The molecule has 1 aliphatic carbocycles. The van der Waals surface area contributed by atoms with E-state index in [2.05, 4.69) is 20.0 Å². The van der Waals surface area contributed by atoms with E-state index in [1.807, 2.05) is 18.3 Å². The predicted octanol–water partition coefficient (Wildman–Crippen LogP) is 4.66. The molecule has 3 aliphatic rings. The van der Waals surface area contributed by atoms with E-state index in [4.69, 9.17) is 23.2 Å². The van der Waals surface area contributed by atoms with Crippen molar-refractivity contribution in [3.05, 3.63) is 45.2 Å². The number of likely N-dealkylation sites (tertiary alicyclic amines) is 1. The van der Waals surface area contributed by atoms with Gasteiger partial charge in [-0.1, -0.05) is 23.2 Å². The number of aromatic nitrogens is 2. The Morgan fingerprint density at radius 1 is 1.07 bits per heavy atom. The minimum Gasteiger partial charge on any atom is -0.371 e. The lowest BCUT2D eigenvalue weighted by Crippen LogP contribution is -2.41. The molecule has 1 aromatic heterocycles. The Morgan fingerprint density at radius 3 is 2.60 bits per heavy atom. The molecule has 2 atom stereocenters. The van der Waals surface area contributed by atoms with E-state index < -0.39 is 0 Å². The predicted molar refractivity (Wildman–Crippen MR) is 120 cm³/mol. The van der Waals surface area contributed by atoms with Gasteiger partial charge in [-0.05, 0) is 74.6 Å². The molecule has 0 radical (unpaired) electrons. The van der Waals surface area contributed by atoms with Crippen LogP contribution in [0, 0.1) is 5.92 Å². The van der Waals surface area contributed by atoms with E-state index in [1.54, 1.807) is 0 Å². The van der Waals surface area contributed by atoms with Crippen molar-refractivity contribution >= 4 is 34.8 Å². The second-order valence-electron chi connectivity index (χ2n) is 8.91. The number of H-pyrrole nitrogens is 1. The number of hydrogen-bond donors (Lipinski definition) is 1. The van der Waals surface area contributed by atoms with Gasteiger partial charge in [0.05, 0.1) is 5.69 Å². The first-order valence-corrected chi connectivity index (χ1v) is 11.9.